The summed E-state index contributed by atoms with van der Waals surface area (Å²) in [7, 11) is 0. The number of benzene rings is 1. The molecule has 1 nitrogen and oxygen atoms in total. The summed E-state index contributed by atoms with van der Waals surface area (Å²) in [5.74, 6) is 3.70. The van der Waals surface area contributed by atoms with Gasteiger partial charge < -0.3 is 0 Å². The maximum absolute atomic E-state index is 12.9. The van der Waals surface area contributed by atoms with E-state index in [1.807, 2.05) is 0 Å². The summed E-state index contributed by atoms with van der Waals surface area (Å²) < 4.78 is 12.9. The normalized spacial score (nSPS) is 8.50. The van der Waals surface area contributed by atoms with Gasteiger partial charge in [-0.1, -0.05) is 18.1 Å². The van der Waals surface area contributed by atoms with Crippen molar-refractivity contribution >= 4 is 5.78 Å². The van der Waals surface area contributed by atoms with Gasteiger partial charge in [-0.15, -0.1) is 0 Å². The molecule has 0 spiro atoms. The lowest BCUT2D eigenvalue weighted by Crippen LogP contribution is -1.97. The lowest BCUT2D eigenvalue weighted by atomic mass is 10.1. The first kappa shape index (κ1) is 8.48. The predicted octanol–water partition coefficient (Wildman–Crippen LogP) is 2.03. The molecule has 0 aliphatic heterocycles. The molecule has 0 radical (unpaired) electrons. The van der Waals surface area contributed by atoms with E-state index in [0.717, 1.165) is 0 Å². The van der Waals surface area contributed by atoms with Gasteiger partial charge >= 0.3 is 0 Å². The highest BCUT2D eigenvalue weighted by molar-refractivity contribution is 6.09. The average molecular weight is 162 g/mol. The van der Waals surface area contributed by atoms with E-state index in [1.165, 1.54) is 18.2 Å². The van der Waals surface area contributed by atoms with Crippen molar-refractivity contribution in [2.24, 2.45) is 0 Å². The fourth-order valence-electron chi connectivity index (χ4n) is 0.826. The number of ketones is 1. The van der Waals surface area contributed by atoms with Gasteiger partial charge in [0.25, 0.3) is 0 Å². The van der Waals surface area contributed by atoms with E-state index in [1.54, 1.807) is 13.0 Å². The fourth-order valence-corrected chi connectivity index (χ4v) is 0.826. The van der Waals surface area contributed by atoms with Gasteiger partial charge in [-0.25, -0.2) is 4.39 Å². The monoisotopic (exact) mass is 162 g/mol. The first-order chi connectivity index (χ1) is 5.75. The van der Waals surface area contributed by atoms with Crippen LogP contribution in [0.3, 0.4) is 0 Å². The van der Waals surface area contributed by atoms with Crippen LogP contribution in [0.5, 0.6) is 0 Å². The number of carbonyl (C=O) groups is 1. The molecule has 0 amide bonds. The van der Waals surface area contributed by atoms with E-state index >= 15 is 0 Å². The fraction of sp³-hybridized carbons (Fsp3) is 0.100. The highest BCUT2D eigenvalue weighted by Crippen LogP contribution is 2.06. The van der Waals surface area contributed by atoms with Crippen LogP contribution in [0.1, 0.15) is 17.3 Å². The minimum absolute atomic E-state index is 0.0341. The predicted molar refractivity (Wildman–Crippen MR) is 44.2 cm³/mol. The van der Waals surface area contributed by atoms with Crippen molar-refractivity contribution in [3.05, 3.63) is 35.6 Å². The summed E-state index contributed by atoms with van der Waals surface area (Å²) in [6, 6.07) is 5.80. The summed E-state index contributed by atoms with van der Waals surface area (Å²) in [5.41, 5.74) is 0.0341. The third kappa shape index (κ3) is 1.70. The van der Waals surface area contributed by atoms with Gasteiger partial charge in [-0.2, -0.15) is 0 Å². The SMILES string of the molecule is CC#CC(=O)c1ccccc1F. The molecule has 0 aliphatic rings. The molecule has 0 atom stereocenters. The first-order valence-corrected chi connectivity index (χ1v) is 3.47. The number of rotatable bonds is 1. The van der Waals surface area contributed by atoms with Crippen LogP contribution >= 0.6 is 0 Å². The Morgan fingerprint density at radius 1 is 1.42 bits per heavy atom. The van der Waals surface area contributed by atoms with Crippen LogP contribution in [0.2, 0.25) is 0 Å². The van der Waals surface area contributed by atoms with Gasteiger partial charge in [0.2, 0.25) is 5.78 Å². The number of hydrogen-bond donors (Lipinski definition) is 0. The largest absolute Gasteiger partial charge is 0.279 e. The molecule has 0 unspecified atom stereocenters. The van der Waals surface area contributed by atoms with Crippen molar-refractivity contribution in [3.8, 4) is 11.8 Å². The third-order valence-corrected chi connectivity index (χ3v) is 1.36. The Morgan fingerprint density at radius 2 is 2.08 bits per heavy atom. The van der Waals surface area contributed by atoms with Crippen LogP contribution in [0.15, 0.2) is 24.3 Å². The molecule has 2 heteroatoms. The lowest BCUT2D eigenvalue weighted by Gasteiger charge is -1.93. The van der Waals surface area contributed by atoms with Crippen molar-refractivity contribution in [2.45, 2.75) is 6.92 Å². The van der Waals surface area contributed by atoms with Crippen molar-refractivity contribution in [3.63, 3.8) is 0 Å². The quantitative estimate of drug-likeness (QED) is 0.351. The second-order valence-electron chi connectivity index (χ2n) is 2.18. The Hall–Kier alpha value is -1.62. The molecule has 0 saturated carbocycles. The maximum Gasteiger partial charge on any atom is 0.238 e. The number of halogens is 1. The Morgan fingerprint density at radius 3 is 2.67 bits per heavy atom. The van der Waals surface area contributed by atoms with Crippen LogP contribution in [0.25, 0.3) is 0 Å². The Balaban J connectivity index is 3.08. The zero-order valence-corrected chi connectivity index (χ0v) is 6.60. The number of hydrogen-bond acceptors (Lipinski definition) is 1. The van der Waals surface area contributed by atoms with Crippen molar-refractivity contribution < 1.29 is 9.18 Å². The van der Waals surface area contributed by atoms with E-state index in [4.69, 9.17) is 0 Å². The second-order valence-corrected chi connectivity index (χ2v) is 2.18. The van der Waals surface area contributed by atoms with Gasteiger partial charge in [-0.3, -0.25) is 4.79 Å². The molecule has 0 bridgehead atoms. The molecule has 0 heterocycles. The summed E-state index contributed by atoms with van der Waals surface area (Å²) in [6.45, 7) is 1.54. The Labute approximate surface area is 70.2 Å². The summed E-state index contributed by atoms with van der Waals surface area (Å²) in [5, 5.41) is 0. The van der Waals surface area contributed by atoms with Gasteiger partial charge in [0.15, 0.2) is 0 Å². The molecule has 0 fully saturated rings. The van der Waals surface area contributed by atoms with Crippen LogP contribution in [0.4, 0.5) is 4.39 Å². The molecule has 0 aliphatic carbocycles. The molecule has 12 heavy (non-hydrogen) atoms. The summed E-state index contributed by atoms with van der Waals surface area (Å²) in [6.07, 6.45) is 0. The van der Waals surface area contributed by atoms with Crippen molar-refractivity contribution in [1.82, 2.24) is 0 Å². The minimum Gasteiger partial charge on any atom is -0.279 e. The van der Waals surface area contributed by atoms with E-state index in [2.05, 4.69) is 11.8 Å². The van der Waals surface area contributed by atoms with Crippen LogP contribution < -0.4 is 0 Å². The maximum atomic E-state index is 12.9. The zero-order chi connectivity index (χ0) is 8.97. The van der Waals surface area contributed by atoms with Crippen LogP contribution in [-0.4, -0.2) is 5.78 Å². The Bertz CT molecular complexity index is 358. The third-order valence-electron chi connectivity index (χ3n) is 1.36. The zero-order valence-electron chi connectivity index (χ0n) is 6.60. The average Bonchev–Trinajstić information content (AvgIpc) is 2.05. The van der Waals surface area contributed by atoms with Gasteiger partial charge in [0, 0.05) is 0 Å². The van der Waals surface area contributed by atoms with Crippen LogP contribution in [0, 0.1) is 17.7 Å². The van der Waals surface area contributed by atoms with E-state index < -0.39 is 11.6 Å². The topological polar surface area (TPSA) is 17.1 Å². The smallest absolute Gasteiger partial charge is 0.238 e. The molecule has 60 valence electrons. The second kappa shape index (κ2) is 3.68. The molecular weight excluding hydrogens is 155 g/mol. The van der Waals surface area contributed by atoms with E-state index in [0.29, 0.717) is 0 Å². The molecule has 0 aromatic heterocycles. The first-order valence-electron chi connectivity index (χ1n) is 3.47. The number of Topliss-reactive ketones (excluding diaryl/α,β-unsaturated/α-hetero) is 1. The minimum atomic E-state index is -0.523. The summed E-state index contributed by atoms with van der Waals surface area (Å²) >= 11 is 0. The molecule has 0 N–H and O–H groups in total. The van der Waals surface area contributed by atoms with E-state index in [-0.39, 0.29) is 5.56 Å². The van der Waals surface area contributed by atoms with E-state index in [9.17, 15) is 9.18 Å². The molecule has 1 rings (SSSR count). The number of carbonyl (C=O) groups excluding carboxylic acids is 1. The highest BCUT2D eigenvalue weighted by Gasteiger charge is 2.06. The van der Waals surface area contributed by atoms with Gasteiger partial charge in [0.05, 0.1) is 5.56 Å². The Kier molecular flexibility index (Phi) is 2.60. The van der Waals surface area contributed by atoms with Gasteiger partial charge in [-0.05, 0) is 25.0 Å². The summed E-state index contributed by atoms with van der Waals surface area (Å²) in [4.78, 5) is 11.1. The molecule has 0 saturated heterocycles. The van der Waals surface area contributed by atoms with Crippen molar-refractivity contribution in [2.75, 3.05) is 0 Å². The molecule has 1 aromatic carbocycles. The van der Waals surface area contributed by atoms with Crippen LogP contribution in [-0.2, 0) is 0 Å². The van der Waals surface area contributed by atoms with Gasteiger partial charge in [0.1, 0.15) is 5.82 Å². The standard InChI is InChI=1S/C10H7FO/c1-2-5-10(12)8-6-3-4-7-9(8)11/h3-4,6-7H,1H3. The highest BCUT2D eigenvalue weighted by atomic mass is 19.1. The van der Waals surface area contributed by atoms with Crippen molar-refractivity contribution in [1.29, 1.82) is 0 Å². The molecule has 1 aromatic rings. The molecular formula is C10H7FO. The lowest BCUT2D eigenvalue weighted by molar-refractivity contribution is 0.105.